The number of carboxylic acid groups (broad SMARTS) is 1. The van der Waals surface area contributed by atoms with Crippen LogP contribution in [0.3, 0.4) is 0 Å². The minimum Gasteiger partial charge on any atom is -0.475 e. The number of benzene rings is 1. The van der Waals surface area contributed by atoms with Gasteiger partial charge in [0.15, 0.2) is 5.82 Å². The second-order valence-corrected chi connectivity index (χ2v) is 7.78. The minimum atomic E-state index is -5.08. The van der Waals surface area contributed by atoms with Crippen LogP contribution >= 0.6 is 0 Å². The maximum absolute atomic E-state index is 13.0. The van der Waals surface area contributed by atoms with E-state index in [0.29, 0.717) is 12.1 Å². The maximum Gasteiger partial charge on any atom is 0.490 e. The monoisotopic (exact) mass is 578 g/mol. The lowest BCUT2D eigenvalue weighted by Gasteiger charge is -2.20. The standard InChI is InChI=1S/C18H18F6N6O2.C2HF3O2/c1-9(2)14(25)16(32)30(26)13(31)3-4-29-8-27-15(28-29)10-5-11(17(19,20)21)7-12(6-10)18(22,23)24;3-2(4,5)1(6)7/h3-9,14H,25-26H2,1-2H3;(H,6,7). The number of hydrogen-bond acceptors (Lipinski definition) is 7. The molecule has 2 aromatic rings. The Morgan fingerprint density at radius 3 is 1.82 bits per heavy atom. The number of amides is 2. The summed E-state index contributed by atoms with van der Waals surface area (Å²) in [5.41, 5.74) is 2.04. The van der Waals surface area contributed by atoms with Gasteiger partial charge in [0, 0.05) is 17.8 Å². The van der Waals surface area contributed by atoms with Crippen molar-refractivity contribution < 1.29 is 59.0 Å². The molecule has 1 unspecified atom stereocenters. The van der Waals surface area contributed by atoms with Crippen molar-refractivity contribution in [1.82, 2.24) is 19.8 Å². The number of rotatable bonds is 5. The normalized spacial score (nSPS) is 13.2. The van der Waals surface area contributed by atoms with E-state index in [0.717, 1.165) is 23.3 Å². The summed E-state index contributed by atoms with van der Waals surface area (Å²) in [6.45, 7) is 3.29. The molecule has 0 bridgehead atoms. The molecule has 5 N–H and O–H groups in total. The van der Waals surface area contributed by atoms with Gasteiger partial charge in [-0.05, 0) is 24.1 Å². The number of aliphatic carboxylic acids is 1. The van der Waals surface area contributed by atoms with Crippen molar-refractivity contribution in [3.05, 3.63) is 41.7 Å². The van der Waals surface area contributed by atoms with Crippen LogP contribution in [-0.2, 0) is 26.7 Å². The van der Waals surface area contributed by atoms with E-state index in [-0.39, 0.29) is 17.0 Å². The summed E-state index contributed by atoms with van der Waals surface area (Å²) in [6.07, 6.45) is -12.4. The smallest absolute Gasteiger partial charge is 0.475 e. The van der Waals surface area contributed by atoms with Crippen molar-refractivity contribution >= 4 is 24.0 Å². The molecular weight excluding hydrogens is 559 g/mol. The second kappa shape index (κ2) is 12.2. The molecule has 1 heterocycles. The number of carbonyl (C=O) groups excluding carboxylic acids is 2. The Morgan fingerprint density at radius 1 is 0.974 bits per heavy atom. The minimum absolute atomic E-state index is 0.0201. The average Bonchev–Trinajstić information content (AvgIpc) is 3.28. The molecule has 0 aliphatic heterocycles. The molecule has 39 heavy (non-hydrogen) atoms. The molecule has 0 spiro atoms. The molecule has 10 nitrogen and oxygen atoms in total. The van der Waals surface area contributed by atoms with Crippen LogP contribution in [0.5, 0.6) is 0 Å². The molecular formula is C20H19F9N6O4. The summed E-state index contributed by atoms with van der Waals surface area (Å²) < 4.78 is 111. The molecule has 0 fully saturated rings. The number of carbonyl (C=O) groups is 3. The van der Waals surface area contributed by atoms with Gasteiger partial charge in [0.05, 0.1) is 17.2 Å². The van der Waals surface area contributed by atoms with Gasteiger partial charge in [-0.15, -0.1) is 5.10 Å². The lowest BCUT2D eigenvalue weighted by Crippen LogP contribution is -2.52. The van der Waals surface area contributed by atoms with Crippen LogP contribution in [0.2, 0.25) is 0 Å². The van der Waals surface area contributed by atoms with E-state index >= 15 is 0 Å². The predicted octanol–water partition coefficient (Wildman–Crippen LogP) is 3.30. The third-order valence-electron chi connectivity index (χ3n) is 4.44. The van der Waals surface area contributed by atoms with Gasteiger partial charge in [0.1, 0.15) is 6.33 Å². The lowest BCUT2D eigenvalue weighted by atomic mass is 10.0. The topological polar surface area (TPSA) is 157 Å². The van der Waals surface area contributed by atoms with Gasteiger partial charge in [-0.1, -0.05) is 13.8 Å². The van der Waals surface area contributed by atoms with Crippen LogP contribution in [-0.4, -0.2) is 54.9 Å². The first kappa shape index (κ1) is 33.0. The predicted molar refractivity (Wildman–Crippen MR) is 113 cm³/mol. The SMILES string of the molecule is CC(C)C(N)C(=O)N(N)C(=O)C=Cn1cnc(-c2cc(C(F)(F)F)cc(C(F)(F)F)c2)n1.O=C(O)C(F)(F)F. The zero-order valence-electron chi connectivity index (χ0n) is 19.6. The molecule has 0 aliphatic carbocycles. The van der Waals surface area contributed by atoms with Gasteiger partial charge in [0.25, 0.3) is 11.8 Å². The van der Waals surface area contributed by atoms with Crippen molar-refractivity contribution in [3.8, 4) is 11.4 Å². The van der Waals surface area contributed by atoms with Crippen LogP contribution < -0.4 is 11.6 Å². The number of carboxylic acids is 1. The number of imide groups is 1. The summed E-state index contributed by atoms with van der Waals surface area (Å²) in [6, 6.07) is -0.109. The lowest BCUT2D eigenvalue weighted by molar-refractivity contribution is -0.192. The summed E-state index contributed by atoms with van der Waals surface area (Å²) >= 11 is 0. The highest BCUT2D eigenvalue weighted by Crippen LogP contribution is 2.38. The first-order valence-corrected chi connectivity index (χ1v) is 10.1. The average molecular weight is 578 g/mol. The van der Waals surface area contributed by atoms with Crippen molar-refractivity contribution in [2.24, 2.45) is 17.5 Å². The van der Waals surface area contributed by atoms with E-state index in [1.54, 1.807) is 13.8 Å². The highest BCUT2D eigenvalue weighted by molar-refractivity contribution is 6.03. The van der Waals surface area contributed by atoms with Gasteiger partial charge in [-0.3, -0.25) is 9.59 Å². The summed E-state index contributed by atoms with van der Waals surface area (Å²) in [4.78, 5) is 36.5. The van der Waals surface area contributed by atoms with Gasteiger partial charge < -0.3 is 10.8 Å². The fourth-order valence-electron chi connectivity index (χ4n) is 2.34. The molecule has 0 aliphatic rings. The molecule has 1 atom stereocenters. The Bertz CT molecular complexity index is 1190. The summed E-state index contributed by atoms with van der Waals surface area (Å²) in [7, 11) is 0. The maximum atomic E-state index is 13.0. The van der Waals surface area contributed by atoms with Crippen LogP contribution in [0.25, 0.3) is 17.6 Å². The number of hydrogen-bond donors (Lipinski definition) is 3. The van der Waals surface area contributed by atoms with E-state index in [2.05, 4.69) is 10.1 Å². The summed E-state index contributed by atoms with van der Waals surface area (Å²) in [5, 5.41) is 11.1. The molecule has 2 amide bonds. The van der Waals surface area contributed by atoms with Crippen LogP contribution in [0, 0.1) is 5.92 Å². The highest BCUT2D eigenvalue weighted by atomic mass is 19.4. The third kappa shape index (κ3) is 9.67. The molecule has 19 heteroatoms. The van der Waals surface area contributed by atoms with E-state index in [1.807, 2.05) is 0 Å². The first-order chi connectivity index (χ1) is 17.6. The van der Waals surface area contributed by atoms with Crippen LogP contribution in [0.1, 0.15) is 25.0 Å². The Hall–Kier alpha value is -4.00. The van der Waals surface area contributed by atoms with Crippen molar-refractivity contribution in [2.45, 2.75) is 38.4 Å². The van der Waals surface area contributed by atoms with E-state index in [9.17, 15) is 49.1 Å². The molecule has 216 valence electrons. The van der Waals surface area contributed by atoms with Gasteiger partial charge in [0.2, 0.25) is 0 Å². The molecule has 1 aromatic carbocycles. The fraction of sp³-hybridized carbons (Fsp3) is 0.350. The van der Waals surface area contributed by atoms with E-state index in [1.165, 1.54) is 0 Å². The van der Waals surface area contributed by atoms with Gasteiger partial charge in [-0.25, -0.2) is 25.3 Å². The van der Waals surface area contributed by atoms with Crippen molar-refractivity contribution in [2.75, 3.05) is 0 Å². The third-order valence-corrected chi connectivity index (χ3v) is 4.44. The summed E-state index contributed by atoms with van der Waals surface area (Å²) in [5.74, 6) is 0.0768. The van der Waals surface area contributed by atoms with Crippen molar-refractivity contribution in [1.29, 1.82) is 0 Å². The molecule has 0 saturated heterocycles. The number of hydrazine groups is 1. The zero-order valence-corrected chi connectivity index (χ0v) is 19.6. The van der Waals surface area contributed by atoms with Gasteiger partial charge in [-0.2, -0.15) is 39.5 Å². The zero-order chi connectivity index (χ0) is 30.5. The highest BCUT2D eigenvalue weighted by Gasteiger charge is 2.38. The molecule has 0 radical (unpaired) electrons. The largest absolute Gasteiger partial charge is 0.490 e. The van der Waals surface area contributed by atoms with Gasteiger partial charge >= 0.3 is 24.5 Å². The number of nitrogens with zero attached hydrogens (tertiary/aromatic N) is 4. The number of nitrogens with two attached hydrogens (primary N) is 2. The van der Waals surface area contributed by atoms with E-state index in [4.69, 9.17) is 21.5 Å². The van der Waals surface area contributed by atoms with Crippen molar-refractivity contribution in [3.63, 3.8) is 0 Å². The quantitative estimate of drug-likeness (QED) is 0.160. The fourth-order valence-corrected chi connectivity index (χ4v) is 2.34. The Balaban J connectivity index is 0.000000956. The molecule has 0 saturated carbocycles. The molecule has 2 rings (SSSR count). The number of halogens is 9. The van der Waals surface area contributed by atoms with Crippen LogP contribution in [0.4, 0.5) is 39.5 Å². The number of aromatic nitrogens is 3. The Labute approximate surface area is 212 Å². The Morgan fingerprint density at radius 2 is 1.44 bits per heavy atom. The van der Waals surface area contributed by atoms with E-state index < -0.39 is 64.9 Å². The number of alkyl halides is 9. The second-order valence-electron chi connectivity index (χ2n) is 7.78. The molecule has 1 aromatic heterocycles. The first-order valence-electron chi connectivity index (χ1n) is 10.1. The van der Waals surface area contributed by atoms with Crippen LogP contribution in [0.15, 0.2) is 30.6 Å². The Kier molecular flexibility index (Phi) is 10.4.